The summed E-state index contributed by atoms with van der Waals surface area (Å²) < 4.78 is 0. The van der Waals surface area contributed by atoms with Crippen molar-refractivity contribution in [1.82, 2.24) is 24.9 Å². The number of halogens is 2. The first-order chi connectivity index (χ1) is 13.5. The van der Waals surface area contributed by atoms with Gasteiger partial charge >= 0.3 is 0 Å². The number of carbonyl (C=O) groups excluding carboxylic acids is 1. The van der Waals surface area contributed by atoms with Gasteiger partial charge in [0, 0.05) is 19.2 Å². The van der Waals surface area contributed by atoms with Crippen molar-refractivity contribution in [2.45, 2.75) is 6.92 Å². The van der Waals surface area contributed by atoms with E-state index in [1.165, 1.54) is 13.3 Å². The van der Waals surface area contributed by atoms with Crippen molar-refractivity contribution in [2.24, 2.45) is 0 Å². The molecule has 10 heteroatoms. The van der Waals surface area contributed by atoms with Gasteiger partial charge in [-0.2, -0.15) is 0 Å². The summed E-state index contributed by atoms with van der Waals surface area (Å²) in [4.78, 5) is 31.5. The fourth-order valence-electron chi connectivity index (χ4n) is 2.67. The molecule has 0 saturated heterocycles. The fraction of sp³-hybridized carbons (Fsp3) is 0.0556. The van der Waals surface area contributed by atoms with E-state index in [-0.39, 0.29) is 5.91 Å². The molecule has 0 radical (unpaired) electrons. The van der Waals surface area contributed by atoms with E-state index in [4.69, 9.17) is 23.2 Å². The summed E-state index contributed by atoms with van der Waals surface area (Å²) in [7, 11) is 0. The number of H-pyrrole nitrogens is 1. The van der Waals surface area contributed by atoms with Gasteiger partial charge in [0.2, 0.25) is 5.91 Å². The van der Waals surface area contributed by atoms with Crippen molar-refractivity contribution >= 4 is 57.6 Å². The summed E-state index contributed by atoms with van der Waals surface area (Å²) in [5.41, 5.74) is 1.95. The Bertz CT molecular complexity index is 1170. The first-order valence-electron chi connectivity index (χ1n) is 8.17. The number of carbonyl (C=O) groups is 1. The minimum atomic E-state index is -0.222. The number of aromatic amines is 1. The van der Waals surface area contributed by atoms with Crippen LogP contribution in [0.2, 0.25) is 10.0 Å². The highest BCUT2D eigenvalue weighted by atomic mass is 35.5. The number of rotatable bonds is 4. The van der Waals surface area contributed by atoms with E-state index < -0.39 is 0 Å². The molecule has 0 bridgehead atoms. The van der Waals surface area contributed by atoms with Crippen molar-refractivity contribution < 1.29 is 4.79 Å². The number of pyridine rings is 1. The highest BCUT2D eigenvalue weighted by molar-refractivity contribution is 6.39. The van der Waals surface area contributed by atoms with Crippen molar-refractivity contribution in [2.75, 3.05) is 10.6 Å². The van der Waals surface area contributed by atoms with Crippen LogP contribution in [0.25, 0.3) is 22.4 Å². The highest BCUT2D eigenvalue weighted by Gasteiger charge is 2.15. The van der Waals surface area contributed by atoms with Crippen LogP contribution in [0.1, 0.15) is 6.92 Å². The normalized spacial score (nSPS) is 10.8. The molecule has 3 N–H and O–H groups in total. The molecular formula is C18H13Cl2N7O. The number of hydrogen-bond acceptors (Lipinski definition) is 6. The van der Waals surface area contributed by atoms with Gasteiger partial charge in [0.25, 0.3) is 0 Å². The van der Waals surface area contributed by atoms with Crippen molar-refractivity contribution in [3.63, 3.8) is 0 Å². The summed E-state index contributed by atoms with van der Waals surface area (Å²) in [6.07, 6.45) is 2.97. The predicted molar refractivity (Wildman–Crippen MR) is 109 cm³/mol. The highest BCUT2D eigenvalue weighted by Crippen LogP contribution is 2.34. The second-order valence-electron chi connectivity index (χ2n) is 5.83. The zero-order valence-corrected chi connectivity index (χ0v) is 16.0. The van der Waals surface area contributed by atoms with Gasteiger partial charge in [0.15, 0.2) is 5.82 Å². The van der Waals surface area contributed by atoms with Crippen molar-refractivity contribution in [1.29, 1.82) is 0 Å². The van der Waals surface area contributed by atoms with Gasteiger partial charge in [0.1, 0.15) is 29.3 Å². The van der Waals surface area contributed by atoms with Crippen LogP contribution >= 0.6 is 23.2 Å². The Kier molecular flexibility index (Phi) is 4.81. The maximum Gasteiger partial charge on any atom is 0.222 e. The lowest BCUT2D eigenvalue weighted by Crippen LogP contribution is -2.08. The summed E-state index contributed by atoms with van der Waals surface area (Å²) in [6, 6.07) is 8.64. The Hall–Kier alpha value is -3.23. The van der Waals surface area contributed by atoms with Crippen LogP contribution < -0.4 is 10.6 Å². The van der Waals surface area contributed by atoms with Gasteiger partial charge in [-0.05, 0) is 18.2 Å². The van der Waals surface area contributed by atoms with E-state index in [0.717, 1.165) is 0 Å². The zero-order valence-electron chi connectivity index (χ0n) is 14.5. The average Bonchev–Trinajstić information content (AvgIpc) is 3.06. The minimum Gasteiger partial charge on any atom is -0.335 e. The minimum absolute atomic E-state index is 0.222. The number of aromatic nitrogens is 5. The lowest BCUT2D eigenvalue weighted by Gasteiger charge is -2.07. The van der Waals surface area contributed by atoms with E-state index in [0.29, 0.717) is 49.9 Å². The molecule has 0 aliphatic heterocycles. The molecule has 4 rings (SSSR count). The first-order valence-corrected chi connectivity index (χ1v) is 8.92. The molecule has 0 spiro atoms. The Morgan fingerprint density at radius 3 is 2.57 bits per heavy atom. The number of imidazole rings is 1. The predicted octanol–water partition coefficient (Wildman–Crippen LogP) is 4.42. The molecule has 8 nitrogen and oxygen atoms in total. The smallest absolute Gasteiger partial charge is 0.222 e. The second-order valence-corrected chi connectivity index (χ2v) is 6.64. The summed E-state index contributed by atoms with van der Waals surface area (Å²) in [6.45, 7) is 1.41. The number of nitrogens with one attached hydrogen (secondary N) is 3. The van der Waals surface area contributed by atoms with Crippen LogP contribution in [0.5, 0.6) is 0 Å². The van der Waals surface area contributed by atoms with Gasteiger partial charge in [-0.15, -0.1) is 0 Å². The molecule has 28 heavy (non-hydrogen) atoms. The summed E-state index contributed by atoms with van der Waals surface area (Å²) >= 11 is 12.6. The quantitative estimate of drug-likeness (QED) is 0.456. The van der Waals surface area contributed by atoms with E-state index in [2.05, 4.69) is 35.6 Å². The Labute approximate surface area is 169 Å². The maximum absolute atomic E-state index is 11.2. The molecule has 4 aromatic rings. The molecule has 140 valence electrons. The molecule has 0 saturated carbocycles. The largest absolute Gasteiger partial charge is 0.335 e. The third-order valence-corrected chi connectivity index (χ3v) is 4.45. The van der Waals surface area contributed by atoms with E-state index in [1.54, 1.807) is 36.5 Å². The standard InChI is InChI=1S/C18H13Cl2N7O/c1-9(28)24-13-7-14(23-8-22-13)26-18-16-12(5-6-21-18)25-17(27-16)15-10(19)3-2-4-11(15)20/h2-8H,1H3,(H,25,27)(H2,21,22,23,24,26,28). The van der Waals surface area contributed by atoms with Crippen LogP contribution in [0.15, 0.2) is 42.9 Å². The monoisotopic (exact) mass is 413 g/mol. The lowest BCUT2D eigenvalue weighted by atomic mass is 10.2. The maximum atomic E-state index is 11.2. The number of fused-ring (bicyclic) bond motifs is 1. The molecule has 0 unspecified atom stereocenters. The Balaban J connectivity index is 1.73. The topological polar surface area (TPSA) is 108 Å². The Morgan fingerprint density at radius 1 is 1.07 bits per heavy atom. The first kappa shape index (κ1) is 18.1. The average molecular weight is 414 g/mol. The van der Waals surface area contributed by atoms with E-state index in [9.17, 15) is 4.79 Å². The van der Waals surface area contributed by atoms with Crippen LogP contribution in [-0.2, 0) is 4.79 Å². The van der Waals surface area contributed by atoms with Crippen molar-refractivity contribution in [3.05, 3.63) is 52.9 Å². The number of hydrogen-bond donors (Lipinski definition) is 3. The van der Waals surface area contributed by atoms with Gasteiger partial charge in [-0.1, -0.05) is 29.3 Å². The molecule has 3 aromatic heterocycles. The summed E-state index contributed by atoms with van der Waals surface area (Å²) in [5, 5.41) is 6.69. The molecular weight excluding hydrogens is 401 g/mol. The number of amides is 1. The third kappa shape index (κ3) is 3.60. The summed E-state index contributed by atoms with van der Waals surface area (Å²) in [5.74, 6) is 1.66. The third-order valence-electron chi connectivity index (χ3n) is 3.82. The molecule has 0 atom stereocenters. The van der Waals surface area contributed by atoms with Gasteiger partial charge in [-0.25, -0.2) is 19.9 Å². The van der Waals surface area contributed by atoms with Crippen molar-refractivity contribution in [3.8, 4) is 11.4 Å². The van der Waals surface area contributed by atoms with Gasteiger partial charge in [-0.3, -0.25) is 4.79 Å². The van der Waals surface area contributed by atoms with Gasteiger partial charge < -0.3 is 15.6 Å². The van der Waals surface area contributed by atoms with E-state index in [1.807, 2.05) is 0 Å². The molecule has 0 aliphatic rings. The molecule has 1 aromatic carbocycles. The second kappa shape index (κ2) is 7.41. The zero-order chi connectivity index (χ0) is 19.7. The van der Waals surface area contributed by atoms with E-state index >= 15 is 0 Å². The number of nitrogens with zero attached hydrogens (tertiary/aromatic N) is 4. The van der Waals surface area contributed by atoms with Crippen LogP contribution in [0, 0.1) is 0 Å². The SMILES string of the molecule is CC(=O)Nc1cc(Nc2nccc3nc(-c4c(Cl)cccc4Cl)[nH]c23)ncn1. The molecule has 1 amide bonds. The number of anilines is 3. The van der Waals surface area contributed by atoms with Crippen LogP contribution in [0.3, 0.4) is 0 Å². The fourth-order valence-corrected chi connectivity index (χ4v) is 3.24. The molecule has 3 heterocycles. The lowest BCUT2D eigenvalue weighted by molar-refractivity contribution is -0.114. The van der Waals surface area contributed by atoms with Crippen LogP contribution in [0.4, 0.5) is 17.5 Å². The molecule has 0 aliphatic carbocycles. The molecule has 0 fully saturated rings. The number of benzene rings is 1. The van der Waals surface area contributed by atoms with Gasteiger partial charge in [0.05, 0.1) is 21.1 Å². The Morgan fingerprint density at radius 2 is 1.82 bits per heavy atom. The van der Waals surface area contributed by atoms with Crippen LogP contribution in [-0.4, -0.2) is 30.8 Å².